The Balaban J connectivity index is 2.16. The molecule has 3 N–H and O–H groups in total. The lowest BCUT2D eigenvalue weighted by Gasteiger charge is -2.07. The predicted molar refractivity (Wildman–Crippen MR) is 80.0 cm³/mol. The molecule has 0 aliphatic rings. The highest BCUT2D eigenvalue weighted by atomic mass is 16.5. The highest BCUT2D eigenvalue weighted by Gasteiger charge is 2.20. The summed E-state index contributed by atoms with van der Waals surface area (Å²) in [5, 5.41) is 8.16. The van der Waals surface area contributed by atoms with Crippen LogP contribution in [0.1, 0.15) is 15.9 Å². The molecule has 1 aromatic carbocycles. The average molecular weight is 298 g/mol. The number of nitrogen functional groups attached to an aromatic ring is 1. The summed E-state index contributed by atoms with van der Waals surface area (Å²) < 4.78 is 6.42. The first kappa shape index (κ1) is 14.0. The maximum Gasteiger partial charge on any atom is 0.341 e. The van der Waals surface area contributed by atoms with Crippen LogP contribution in [0.2, 0.25) is 0 Å². The summed E-state index contributed by atoms with van der Waals surface area (Å²) in [7, 11) is 1.31. The van der Waals surface area contributed by atoms with Crippen LogP contribution >= 0.6 is 0 Å². The molecule has 0 unspecified atom stereocenters. The van der Waals surface area contributed by atoms with Crippen molar-refractivity contribution in [1.29, 1.82) is 0 Å². The quantitative estimate of drug-likeness (QED) is 0.419. The van der Waals surface area contributed by atoms with Crippen molar-refractivity contribution in [2.75, 3.05) is 12.5 Å². The van der Waals surface area contributed by atoms with Crippen molar-refractivity contribution < 1.29 is 9.53 Å². The average Bonchev–Trinajstić information content (AvgIpc) is 2.98. The van der Waals surface area contributed by atoms with E-state index in [1.54, 1.807) is 4.68 Å². The Bertz CT molecular complexity index is 815. The minimum atomic E-state index is -0.502. The van der Waals surface area contributed by atoms with Gasteiger partial charge in [-0.15, -0.1) is 5.10 Å². The number of nitrogens with two attached hydrogens (primary N) is 1. The smallest absolute Gasteiger partial charge is 0.341 e. The Morgan fingerprint density at radius 1 is 1.36 bits per heavy atom. The Labute approximate surface area is 125 Å². The van der Waals surface area contributed by atoms with Gasteiger partial charge in [-0.1, -0.05) is 35.5 Å². The van der Waals surface area contributed by atoms with Crippen molar-refractivity contribution in [3.63, 3.8) is 0 Å². The molecule has 112 valence electrons. The third kappa shape index (κ3) is 2.35. The van der Waals surface area contributed by atoms with Gasteiger partial charge in [-0.3, -0.25) is 0 Å². The molecule has 0 saturated carbocycles. The summed E-state index contributed by atoms with van der Waals surface area (Å²) >= 11 is 0. The van der Waals surface area contributed by atoms with Crippen molar-refractivity contribution >= 4 is 22.8 Å². The van der Waals surface area contributed by atoms with E-state index in [2.05, 4.69) is 20.7 Å². The van der Waals surface area contributed by atoms with Crippen molar-refractivity contribution in [1.82, 2.24) is 20.0 Å². The molecule has 0 spiro atoms. The highest BCUT2D eigenvalue weighted by Crippen LogP contribution is 2.23. The standard InChI is InChI=1S/C14H14N6O2/c1-22-14(21)10-7-16-13(17-15)11-12(10)20(19-18-11)8-9-5-3-2-4-6-9/h2-7H,8,15H2,1H3,(H,16,17). The van der Waals surface area contributed by atoms with Crippen molar-refractivity contribution in [2.24, 2.45) is 5.84 Å². The molecule has 8 nitrogen and oxygen atoms in total. The fraction of sp³-hybridized carbons (Fsp3) is 0.143. The molecule has 0 bridgehead atoms. The van der Waals surface area contributed by atoms with Gasteiger partial charge in [0.15, 0.2) is 11.3 Å². The number of hydrazine groups is 1. The first-order valence-corrected chi connectivity index (χ1v) is 6.55. The third-order valence-electron chi connectivity index (χ3n) is 3.25. The number of anilines is 1. The van der Waals surface area contributed by atoms with Gasteiger partial charge in [-0.05, 0) is 5.56 Å². The summed E-state index contributed by atoms with van der Waals surface area (Å²) in [6, 6.07) is 9.74. The zero-order chi connectivity index (χ0) is 15.5. The van der Waals surface area contributed by atoms with Crippen LogP contribution in [-0.4, -0.2) is 33.1 Å². The Morgan fingerprint density at radius 3 is 2.82 bits per heavy atom. The molecule has 0 saturated heterocycles. The van der Waals surface area contributed by atoms with Crippen LogP contribution in [-0.2, 0) is 11.3 Å². The summed E-state index contributed by atoms with van der Waals surface area (Å²) in [5.41, 5.74) is 4.72. The Kier molecular flexibility index (Phi) is 3.67. The van der Waals surface area contributed by atoms with Crippen LogP contribution in [0.5, 0.6) is 0 Å². The molecule has 0 atom stereocenters. The molecule has 2 heterocycles. The summed E-state index contributed by atoms with van der Waals surface area (Å²) in [4.78, 5) is 16.0. The molecular weight excluding hydrogens is 284 g/mol. The van der Waals surface area contributed by atoms with E-state index in [0.717, 1.165) is 5.56 Å². The van der Waals surface area contributed by atoms with Crippen LogP contribution in [0.3, 0.4) is 0 Å². The Morgan fingerprint density at radius 2 is 2.14 bits per heavy atom. The number of hydrogen-bond donors (Lipinski definition) is 2. The lowest BCUT2D eigenvalue weighted by molar-refractivity contribution is 0.0602. The lowest BCUT2D eigenvalue weighted by Crippen LogP contribution is -2.12. The van der Waals surface area contributed by atoms with Crippen molar-refractivity contribution in [3.05, 3.63) is 47.7 Å². The number of rotatable bonds is 4. The second-order valence-electron chi connectivity index (χ2n) is 4.59. The molecule has 0 aliphatic carbocycles. The molecule has 3 aromatic rings. The molecule has 3 rings (SSSR count). The topological polar surface area (TPSA) is 108 Å². The second kappa shape index (κ2) is 5.78. The zero-order valence-corrected chi connectivity index (χ0v) is 11.9. The van der Waals surface area contributed by atoms with E-state index in [-0.39, 0.29) is 5.56 Å². The van der Waals surface area contributed by atoms with Crippen LogP contribution < -0.4 is 11.3 Å². The number of ether oxygens (including phenoxy) is 1. The minimum Gasteiger partial charge on any atom is -0.465 e. The highest BCUT2D eigenvalue weighted by molar-refractivity contribution is 6.04. The first-order chi connectivity index (χ1) is 10.7. The van der Waals surface area contributed by atoms with E-state index in [9.17, 15) is 4.79 Å². The number of methoxy groups -OCH3 is 1. The van der Waals surface area contributed by atoms with Gasteiger partial charge in [-0.2, -0.15) is 0 Å². The minimum absolute atomic E-state index is 0.289. The summed E-state index contributed by atoms with van der Waals surface area (Å²) in [6.07, 6.45) is 1.40. The number of pyridine rings is 1. The van der Waals surface area contributed by atoms with E-state index in [1.165, 1.54) is 13.3 Å². The first-order valence-electron chi connectivity index (χ1n) is 6.55. The lowest BCUT2D eigenvalue weighted by atomic mass is 10.2. The number of nitrogens with zero attached hydrogens (tertiary/aromatic N) is 4. The number of esters is 1. The van der Waals surface area contributed by atoms with E-state index < -0.39 is 5.97 Å². The zero-order valence-electron chi connectivity index (χ0n) is 11.9. The fourth-order valence-corrected chi connectivity index (χ4v) is 2.22. The fourth-order valence-electron chi connectivity index (χ4n) is 2.22. The molecule has 0 radical (unpaired) electrons. The van der Waals surface area contributed by atoms with Crippen LogP contribution in [0.4, 0.5) is 5.82 Å². The van der Waals surface area contributed by atoms with Gasteiger partial charge >= 0.3 is 5.97 Å². The second-order valence-corrected chi connectivity index (χ2v) is 4.59. The number of carbonyl (C=O) groups excluding carboxylic acids is 1. The molecule has 2 aromatic heterocycles. The van der Waals surface area contributed by atoms with E-state index in [4.69, 9.17) is 10.6 Å². The summed E-state index contributed by atoms with van der Waals surface area (Å²) in [5.74, 6) is 5.28. The van der Waals surface area contributed by atoms with Gasteiger partial charge < -0.3 is 10.2 Å². The van der Waals surface area contributed by atoms with Crippen LogP contribution in [0.25, 0.3) is 11.0 Å². The number of aromatic nitrogens is 4. The SMILES string of the molecule is COC(=O)c1cnc(NN)c2nnn(Cc3ccccc3)c12. The molecular formula is C14H14N6O2. The van der Waals surface area contributed by atoms with E-state index in [1.807, 2.05) is 30.3 Å². The number of benzene rings is 1. The summed E-state index contributed by atoms with van der Waals surface area (Å²) in [6.45, 7) is 0.468. The molecule has 8 heteroatoms. The van der Waals surface area contributed by atoms with E-state index in [0.29, 0.717) is 23.4 Å². The van der Waals surface area contributed by atoms with Gasteiger partial charge in [0, 0.05) is 6.20 Å². The van der Waals surface area contributed by atoms with Gasteiger partial charge in [0.1, 0.15) is 11.1 Å². The molecule has 0 aliphatic heterocycles. The number of carbonyl (C=O) groups is 1. The van der Waals surface area contributed by atoms with Crippen LogP contribution in [0.15, 0.2) is 36.5 Å². The molecule has 0 fully saturated rings. The molecule has 0 amide bonds. The predicted octanol–water partition coefficient (Wildman–Crippen LogP) is 0.947. The third-order valence-corrected chi connectivity index (χ3v) is 3.25. The van der Waals surface area contributed by atoms with Gasteiger partial charge in [0.2, 0.25) is 0 Å². The Hall–Kier alpha value is -3.00. The van der Waals surface area contributed by atoms with Crippen molar-refractivity contribution in [3.8, 4) is 0 Å². The monoisotopic (exact) mass is 298 g/mol. The number of fused-ring (bicyclic) bond motifs is 1. The largest absolute Gasteiger partial charge is 0.465 e. The van der Waals surface area contributed by atoms with Crippen molar-refractivity contribution in [2.45, 2.75) is 6.54 Å². The number of hydrogen-bond acceptors (Lipinski definition) is 7. The normalized spacial score (nSPS) is 10.6. The van der Waals surface area contributed by atoms with Crippen LogP contribution in [0, 0.1) is 0 Å². The number of nitrogens with one attached hydrogen (secondary N) is 1. The maximum atomic E-state index is 11.9. The van der Waals surface area contributed by atoms with Gasteiger partial charge in [0.25, 0.3) is 0 Å². The maximum absolute atomic E-state index is 11.9. The molecule has 22 heavy (non-hydrogen) atoms. The van der Waals surface area contributed by atoms with Gasteiger partial charge in [-0.25, -0.2) is 20.3 Å². The van der Waals surface area contributed by atoms with Gasteiger partial charge in [0.05, 0.1) is 13.7 Å². The van der Waals surface area contributed by atoms with E-state index >= 15 is 0 Å².